The third kappa shape index (κ3) is 12.0. The van der Waals surface area contributed by atoms with Gasteiger partial charge in [-0.05, 0) is 99.3 Å². The Hall–Kier alpha value is -3.81. The molecule has 0 bridgehead atoms. The molecule has 1 aliphatic rings. The summed E-state index contributed by atoms with van der Waals surface area (Å²) in [5.41, 5.74) is 13.4. The Morgan fingerprint density at radius 2 is 1.45 bits per heavy atom. The van der Waals surface area contributed by atoms with E-state index in [0.29, 0.717) is 42.3 Å². The van der Waals surface area contributed by atoms with Crippen LogP contribution < -0.4 is 16.2 Å². The van der Waals surface area contributed by atoms with Crippen LogP contribution in [0, 0.1) is 11.8 Å². The fraction of sp³-hybridized carbons (Fsp3) is 0.500. The van der Waals surface area contributed by atoms with Crippen molar-refractivity contribution >= 4 is 35.4 Å². The molecule has 1 aliphatic carbocycles. The fourth-order valence-electron chi connectivity index (χ4n) is 5.20. The van der Waals surface area contributed by atoms with Crippen LogP contribution in [0.25, 0.3) is 6.08 Å². The minimum absolute atomic E-state index is 0.0143. The Bertz CT molecular complexity index is 1150. The second-order valence-corrected chi connectivity index (χ2v) is 11.1. The Morgan fingerprint density at radius 3 is 2.10 bits per heavy atom. The third-order valence-electron chi connectivity index (χ3n) is 7.64. The van der Waals surface area contributed by atoms with Crippen molar-refractivity contribution in [1.29, 1.82) is 0 Å². The molecule has 8 heteroatoms. The molecule has 8 nitrogen and oxygen atoms in total. The summed E-state index contributed by atoms with van der Waals surface area (Å²) in [6.07, 6.45) is 15.4. The number of anilines is 2. The first-order valence-corrected chi connectivity index (χ1v) is 15.3. The summed E-state index contributed by atoms with van der Waals surface area (Å²) < 4.78 is 16.1. The summed E-state index contributed by atoms with van der Waals surface area (Å²) in [5.74, 6) is 0.262. The molecule has 2 aromatic rings. The van der Waals surface area contributed by atoms with Crippen molar-refractivity contribution in [2.45, 2.75) is 84.0 Å². The average molecular weight is 579 g/mol. The highest BCUT2D eigenvalue weighted by Gasteiger charge is 2.27. The van der Waals surface area contributed by atoms with Gasteiger partial charge in [0.2, 0.25) is 0 Å². The molecule has 0 unspecified atom stereocenters. The Morgan fingerprint density at radius 1 is 0.810 bits per heavy atom. The van der Waals surface area contributed by atoms with Crippen molar-refractivity contribution in [1.82, 2.24) is 0 Å². The third-order valence-corrected chi connectivity index (χ3v) is 7.64. The van der Waals surface area contributed by atoms with Crippen molar-refractivity contribution < 1.29 is 28.6 Å². The molecule has 0 spiro atoms. The number of carbonyl (C=O) groups is 3. The first-order valence-electron chi connectivity index (χ1n) is 15.3. The molecule has 0 heterocycles. The van der Waals surface area contributed by atoms with Gasteiger partial charge in [-0.15, -0.1) is 0 Å². The van der Waals surface area contributed by atoms with Crippen LogP contribution in [0.4, 0.5) is 11.4 Å². The molecule has 228 valence electrons. The van der Waals surface area contributed by atoms with E-state index < -0.39 is 11.9 Å². The predicted octanol–water partition coefficient (Wildman–Crippen LogP) is 7.12. The second-order valence-electron chi connectivity index (χ2n) is 11.1. The van der Waals surface area contributed by atoms with Gasteiger partial charge in [0.15, 0.2) is 0 Å². The van der Waals surface area contributed by atoms with Crippen molar-refractivity contribution in [3.8, 4) is 5.75 Å². The van der Waals surface area contributed by atoms with Gasteiger partial charge in [0.25, 0.3) is 0 Å². The minimum Gasteiger partial charge on any atom is -0.463 e. The summed E-state index contributed by atoms with van der Waals surface area (Å²) in [4.78, 5) is 36.7. The normalized spacial score (nSPS) is 16.7. The van der Waals surface area contributed by atoms with Gasteiger partial charge in [0.05, 0.1) is 24.7 Å². The van der Waals surface area contributed by atoms with Gasteiger partial charge < -0.3 is 25.7 Å². The van der Waals surface area contributed by atoms with Crippen molar-refractivity contribution in [3.05, 3.63) is 59.7 Å². The Labute approximate surface area is 249 Å². The van der Waals surface area contributed by atoms with Gasteiger partial charge in [-0.25, -0.2) is 9.59 Å². The smallest absolute Gasteiger partial charge is 0.338 e. The molecule has 42 heavy (non-hydrogen) atoms. The summed E-state index contributed by atoms with van der Waals surface area (Å²) >= 11 is 0. The quantitative estimate of drug-likeness (QED) is 0.0708. The van der Waals surface area contributed by atoms with E-state index in [9.17, 15) is 14.4 Å². The molecular weight excluding hydrogens is 532 g/mol. The molecule has 0 aliphatic heterocycles. The lowest BCUT2D eigenvalue weighted by Gasteiger charge is -2.27. The lowest BCUT2D eigenvalue weighted by atomic mass is 9.80. The van der Waals surface area contributed by atoms with Crippen LogP contribution in [0.2, 0.25) is 0 Å². The van der Waals surface area contributed by atoms with Crippen LogP contribution in [-0.4, -0.2) is 31.1 Å². The van der Waals surface area contributed by atoms with E-state index in [1.54, 1.807) is 24.3 Å². The molecule has 0 amide bonds. The lowest BCUT2D eigenvalue weighted by molar-refractivity contribution is -0.140. The number of benzene rings is 2. The summed E-state index contributed by atoms with van der Waals surface area (Å²) in [5, 5.41) is 0. The maximum atomic E-state index is 12.6. The van der Waals surface area contributed by atoms with Gasteiger partial charge in [-0.3, -0.25) is 4.79 Å². The largest absolute Gasteiger partial charge is 0.463 e. The highest BCUT2D eigenvalue weighted by atomic mass is 16.5. The number of ether oxygens (including phenoxy) is 3. The topological polar surface area (TPSA) is 131 Å². The molecule has 1 saturated carbocycles. The number of rotatable bonds is 16. The number of nitrogen functional groups attached to an aromatic ring is 2. The van der Waals surface area contributed by atoms with E-state index >= 15 is 0 Å². The van der Waals surface area contributed by atoms with Crippen LogP contribution in [0.5, 0.6) is 5.75 Å². The van der Waals surface area contributed by atoms with Crippen LogP contribution in [0.1, 0.15) is 99.9 Å². The molecule has 4 N–H and O–H groups in total. The van der Waals surface area contributed by atoms with E-state index in [4.69, 9.17) is 25.7 Å². The predicted molar refractivity (Wildman–Crippen MR) is 166 cm³/mol. The van der Waals surface area contributed by atoms with Gasteiger partial charge in [-0.2, -0.15) is 0 Å². The number of carbonyl (C=O) groups excluding carboxylic acids is 3. The first-order chi connectivity index (χ1) is 20.3. The van der Waals surface area contributed by atoms with Crippen LogP contribution in [0.3, 0.4) is 0 Å². The van der Waals surface area contributed by atoms with Gasteiger partial charge in [0.1, 0.15) is 5.75 Å². The number of hydrogen-bond acceptors (Lipinski definition) is 8. The average Bonchev–Trinajstić information content (AvgIpc) is 2.98. The summed E-state index contributed by atoms with van der Waals surface area (Å²) in [6.45, 7) is 2.85. The molecular formula is C34H46N2O6. The van der Waals surface area contributed by atoms with Crippen molar-refractivity contribution in [3.63, 3.8) is 0 Å². The van der Waals surface area contributed by atoms with Gasteiger partial charge in [0, 0.05) is 17.5 Å². The molecule has 0 radical (unpaired) electrons. The second kappa shape index (κ2) is 17.9. The zero-order valence-electron chi connectivity index (χ0n) is 24.9. The molecule has 3 rings (SSSR count). The molecule has 0 atom stereocenters. The van der Waals surface area contributed by atoms with Crippen molar-refractivity contribution in [2.75, 3.05) is 24.7 Å². The maximum absolute atomic E-state index is 12.6. The SMILES string of the molecule is CCCCCC1CCC(C(=O)Oc2ccc(/C=C/C(=O)OCCCCCCOC(=O)c3cc(N)cc(N)c3)cc2)CC1. The van der Waals surface area contributed by atoms with Gasteiger partial charge in [-0.1, -0.05) is 44.7 Å². The van der Waals surface area contributed by atoms with E-state index in [-0.39, 0.29) is 11.9 Å². The maximum Gasteiger partial charge on any atom is 0.338 e. The molecule has 1 fully saturated rings. The van der Waals surface area contributed by atoms with E-state index in [1.165, 1.54) is 43.9 Å². The summed E-state index contributed by atoms with van der Waals surface area (Å²) in [6, 6.07) is 11.8. The number of nitrogens with two attached hydrogens (primary N) is 2. The zero-order valence-corrected chi connectivity index (χ0v) is 24.9. The van der Waals surface area contributed by atoms with Crippen LogP contribution in [-0.2, 0) is 19.1 Å². The molecule has 2 aromatic carbocycles. The number of hydrogen-bond donors (Lipinski definition) is 2. The standard InChI is InChI=1S/C34H46N2O6/c1-2-3-6-9-25-10-15-27(16-11-25)34(39)42-31-17-12-26(13-18-31)14-19-32(37)40-20-7-4-5-8-21-41-33(38)28-22-29(35)24-30(36)23-28/h12-14,17-19,22-25,27H,2-11,15-16,20-21,35-36H2,1H3/b19-14+. The lowest BCUT2D eigenvalue weighted by Crippen LogP contribution is -2.25. The minimum atomic E-state index is -0.448. The number of unbranched alkanes of at least 4 members (excludes halogenated alkanes) is 5. The first kappa shape index (κ1) is 32.7. The highest BCUT2D eigenvalue weighted by molar-refractivity contribution is 5.91. The van der Waals surface area contributed by atoms with Crippen LogP contribution in [0.15, 0.2) is 48.5 Å². The summed E-state index contributed by atoms with van der Waals surface area (Å²) in [7, 11) is 0. The monoisotopic (exact) mass is 578 g/mol. The van der Waals surface area contributed by atoms with E-state index in [0.717, 1.165) is 56.4 Å². The fourth-order valence-corrected chi connectivity index (χ4v) is 5.20. The Balaban J connectivity index is 1.24. The Kier molecular flexibility index (Phi) is 13.9. The van der Waals surface area contributed by atoms with Gasteiger partial charge >= 0.3 is 17.9 Å². The van der Waals surface area contributed by atoms with E-state index in [2.05, 4.69) is 6.92 Å². The molecule has 0 aromatic heterocycles. The highest BCUT2D eigenvalue weighted by Crippen LogP contribution is 2.33. The number of esters is 3. The van der Waals surface area contributed by atoms with Crippen molar-refractivity contribution in [2.24, 2.45) is 11.8 Å². The van der Waals surface area contributed by atoms with E-state index in [1.807, 2.05) is 12.1 Å². The zero-order chi connectivity index (χ0) is 30.2. The molecule has 0 saturated heterocycles. The van der Waals surface area contributed by atoms with Crippen LogP contribution >= 0.6 is 0 Å².